The lowest BCUT2D eigenvalue weighted by atomic mass is 10.1. The SMILES string of the molecule is Cc1cc(/C=N\Nc2ncccc2[N+](=O)[O-])c(C)n1-c1cccc2ccccc12. The molecule has 4 rings (SSSR count). The molecule has 0 aliphatic carbocycles. The first-order chi connectivity index (χ1) is 14.1. The van der Waals surface area contributed by atoms with Gasteiger partial charge >= 0.3 is 5.69 Å². The lowest BCUT2D eigenvalue weighted by Gasteiger charge is -2.12. The molecule has 2 heterocycles. The van der Waals surface area contributed by atoms with Crippen LogP contribution in [0.1, 0.15) is 17.0 Å². The van der Waals surface area contributed by atoms with E-state index < -0.39 is 4.92 Å². The summed E-state index contributed by atoms with van der Waals surface area (Å²) < 4.78 is 2.19. The molecule has 0 radical (unpaired) electrons. The standard InChI is InChI=1S/C22H19N5O2/c1-15-13-18(14-24-25-22-21(27(28)29)11-6-12-23-22)16(2)26(15)20-10-5-8-17-7-3-4-9-19(17)20/h3-14H,1-2H3,(H,23,25)/b24-14-. The first-order valence-electron chi connectivity index (χ1n) is 9.12. The number of hydrogen-bond acceptors (Lipinski definition) is 5. The molecule has 0 spiro atoms. The number of hydrogen-bond donors (Lipinski definition) is 1. The number of hydrazone groups is 1. The normalized spacial score (nSPS) is 11.2. The van der Waals surface area contributed by atoms with Crippen molar-refractivity contribution < 1.29 is 4.92 Å². The monoisotopic (exact) mass is 385 g/mol. The molecule has 0 amide bonds. The average molecular weight is 385 g/mol. The third-order valence-electron chi connectivity index (χ3n) is 4.84. The first-order valence-corrected chi connectivity index (χ1v) is 9.12. The Balaban J connectivity index is 1.68. The number of aromatic nitrogens is 2. The van der Waals surface area contributed by atoms with Gasteiger partial charge < -0.3 is 4.57 Å². The minimum Gasteiger partial charge on any atom is -0.317 e. The van der Waals surface area contributed by atoms with Crippen molar-refractivity contribution in [2.75, 3.05) is 5.43 Å². The summed E-state index contributed by atoms with van der Waals surface area (Å²) in [6, 6.07) is 19.5. The molecule has 0 bridgehead atoms. The predicted molar refractivity (Wildman–Crippen MR) is 115 cm³/mol. The fraction of sp³-hybridized carbons (Fsp3) is 0.0909. The summed E-state index contributed by atoms with van der Waals surface area (Å²) in [7, 11) is 0. The predicted octanol–water partition coefficient (Wildman–Crippen LogP) is 5.00. The number of fused-ring (bicyclic) bond motifs is 1. The highest BCUT2D eigenvalue weighted by Crippen LogP contribution is 2.27. The summed E-state index contributed by atoms with van der Waals surface area (Å²) in [6.45, 7) is 4.07. The van der Waals surface area contributed by atoms with E-state index in [2.05, 4.69) is 44.3 Å². The fourth-order valence-electron chi connectivity index (χ4n) is 3.49. The van der Waals surface area contributed by atoms with Crippen LogP contribution in [0.4, 0.5) is 11.5 Å². The third-order valence-corrected chi connectivity index (χ3v) is 4.84. The van der Waals surface area contributed by atoms with Crippen molar-refractivity contribution in [2.45, 2.75) is 13.8 Å². The second-order valence-corrected chi connectivity index (χ2v) is 6.66. The first kappa shape index (κ1) is 18.4. The second-order valence-electron chi connectivity index (χ2n) is 6.66. The summed E-state index contributed by atoms with van der Waals surface area (Å²) in [5.74, 6) is 0.108. The molecule has 0 saturated carbocycles. The molecule has 7 nitrogen and oxygen atoms in total. The highest BCUT2D eigenvalue weighted by atomic mass is 16.6. The summed E-state index contributed by atoms with van der Waals surface area (Å²) in [6.07, 6.45) is 3.14. The van der Waals surface area contributed by atoms with Gasteiger partial charge in [-0.3, -0.25) is 15.5 Å². The molecule has 0 fully saturated rings. The van der Waals surface area contributed by atoms with Crippen LogP contribution < -0.4 is 5.43 Å². The summed E-state index contributed by atoms with van der Waals surface area (Å²) in [4.78, 5) is 14.6. The Kier molecular flexibility index (Phi) is 4.78. The van der Waals surface area contributed by atoms with Crippen LogP contribution in [0.5, 0.6) is 0 Å². The van der Waals surface area contributed by atoms with Gasteiger partial charge in [0.15, 0.2) is 0 Å². The molecule has 29 heavy (non-hydrogen) atoms. The van der Waals surface area contributed by atoms with Crippen LogP contribution >= 0.6 is 0 Å². The summed E-state index contributed by atoms with van der Waals surface area (Å²) >= 11 is 0. The molecule has 0 atom stereocenters. The van der Waals surface area contributed by atoms with Crippen molar-refractivity contribution in [3.63, 3.8) is 0 Å². The number of benzene rings is 2. The summed E-state index contributed by atoms with van der Waals surface area (Å²) in [5.41, 5.74) is 6.68. The molecule has 0 aliphatic rings. The van der Waals surface area contributed by atoms with Crippen molar-refractivity contribution in [2.24, 2.45) is 5.10 Å². The van der Waals surface area contributed by atoms with Crippen molar-refractivity contribution >= 4 is 28.5 Å². The van der Waals surface area contributed by atoms with Gasteiger partial charge in [-0.25, -0.2) is 4.98 Å². The van der Waals surface area contributed by atoms with Crippen LogP contribution in [0.15, 0.2) is 72.0 Å². The fourth-order valence-corrected chi connectivity index (χ4v) is 3.49. The average Bonchev–Trinajstić information content (AvgIpc) is 3.01. The Morgan fingerprint density at radius 1 is 1.10 bits per heavy atom. The molecule has 0 aliphatic heterocycles. The number of aryl methyl sites for hydroxylation is 1. The largest absolute Gasteiger partial charge is 0.317 e. The van der Waals surface area contributed by atoms with Gasteiger partial charge in [0.2, 0.25) is 5.82 Å². The van der Waals surface area contributed by atoms with Gasteiger partial charge in [0.25, 0.3) is 0 Å². The van der Waals surface area contributed by atoms with Crippen molar-refractivity contribution in [3.8, 4) is 5.69 Å². The zero-order valence-electron chi connectivity index (χ0n) is 16.0. The Bertz CT molecular complexity index is 1240. The maximum atomic E-state index is 11.1. The lowest BCUT2D eigenvalue weighted by Crippen LogP contribution is -2.01. The molecule has 2 aromatic heterocycles. The van der Waals surface area contributed by atoms with Crippen LogP contribution in [0.2, 0.25) is 0 Å². The van der Waals surface area contributed by atoms with Crippen LogP contribution in [0.3, 0.4) is 0 Å². The highest BCUT2D eigenvalue weighted by Gasteiger charge is 2.14. The minimum atomic E-state index is -0.489. The molecule has 1 N–H and O–H groups in total. The third kappa shape index (κ3) is 3.45. The minimum absolute atomic E-state index is 0.108. The number of nitro groups is 1. The number of nitrogens with one attached hydrogen (secondary N) is 1. The molecule has 0 saturated heterocycles. The molecule has 4 aromatic rings. The van der Waals surface area contributed by atoms with Crippen molar-refractivity contribution in [3.05, 3.63) is 93.9 Å². The molecular formula is C22H19N5O2. The van der Waals surface area contributed by atoms with E-state index in [-0.39, 0.29) is 11.5 Å². The van der Waals surface area contributed by atoms with Gasteiger partial charge in [-0.15, -0.1) is 0 Å². The van der Waals surface area contributed by atoms with Gasteiger partial charge in [0.05, 0.1) is 16.8 Å². The number of anilines is 1. The molecule has 2 aromatic carbocycles. The Hall–Kier alpha value is -4.00. The van der Waals surface area contributed by atoms with Gasteiger partial charge in [-0.2, -0.15) is 5.10 Å². The van der Waals surface area contributed by atoms with Gasteiger partial charge in [-0.05, 0) is 37.4 Å². The van der Waals surface area contributed by atoms with E-state index in [1.807, 2.05) is 38.1 Å². The van der Waals surface area contributed by atoms with E-state index >= 15 is 0 Å². The number of pyridine rings is 1. The van der Waals surface area contributed by atoms with Gasteiger partial charge in [-0.1, -0.05) is 36.4 Å². The zero-order valence-corrected chi connectivity index (χ0v) is 16.0. The van der Waals surface area contributed by atoms with E-state index in [4.69, 9.17) is 0 Å². The van der Waals surface area contributed by atoms with Gasteiger partial charge in [0, 0.05) is 34.6 Å². The molecule has 0 unspecified atom stereocenters. The van der Waals surface area contributed by atoms with Crippen LogP contribution in [0, 0.1) is 24.0 Å². The van der Waals surface area contributed by atoms with Crippen LogP contribution in [-0.4, -0.2) is 20.7 Å². The van der Waals surface area contributed by atoms with Gasteiger partial charge in [0.1, 0.15) is 0 Å². The quantitative estimate of drug-likeness (QED) is 0.298. The lowest BCUT2D eigenvalue weighted by molar-refractivity contribution is -0.384. The Morgan fingerprint density at radius 2 is 1.90 bits per heavy atom. The number of nitrogens with zero attached hydrogens (tertiary/aromatic N) is 4. The molecule has 7 heteroatoms. The molecular weight excluding hydrogens is 366 g/mol. The van der Waals surface area contributed by atoms with E-state index in [0.29, 0.717) is 0 Å². The van der Waals surface area contributed by atoms with E-state index in [0.717, 1.165) is 22.6 Å². The summed E-state index contributed by atoms with van der Waals surface area (Å²) in [5, 5.41) is 17.6. The van der Waals surface area contributed by atoms with Crippen LogP contribution in [-0.2, 0) is 0 Å². The maximum absolute atomic E-state index is 11.1. The number of rotatable bonds is 5. The van der Waals surface area contributed by atoms with E-state index in [9.17, 15) is 10.1 Å². The topological polar surface area (TPSA) is 85.3 Å². The smallest absolute Gasteiger partial charge is 0.313 e. The van der Waals surface area contributed by atoms with E-state index in [1.165, 1.54) is 29.1 Å². The van der Waals surface area contributed by atoms with Crippen LogP contribution in [0.25, 0.3) is 16.5 Å². The Morgan fingerprint density at radius 3 is 2.72 bits per heavy atom. The zero-order chi connectivity index (χ0) is 20.4. The highest BCUT2D eigenvalue weighted by molar-refractivity contribution is 5.91. The van der Waals surface area contributed by atoms with E-state index in [1.54, 1.807) is 6.21 Å². The van der Waals surface area contributed by atoms with Crippen molar-refractivity contribution in [1.29, 1.82) is 0 Å². The molecule has 144 valence electrons. The maximum Gasteiger partial charge on any atom is 0.313 e. The second kappa shape index (κ2) is 7.55. The Labute approximate surface area is 167 Å². The van der Waals surface area contributed by atoms with Crippen molar-refractivity contribution in [1.82, 2.24) is 9.55 Å².